The molecule has 0 saturated heterocycles. The summed E-state index contributed by atoms with van der Waals surface area (Å²) in [5.41, 5.74) is 1.16. The van der Waals surface area contributed by atoms with Crippen LogP contribution in [0.3, 0.4) is 0 Å². The van der Waals surface area contributed by atoms with Crippen molar-refractivity contribution in [1.82, 2.24) is 14.3 Å². The predicted molar refractivity (Wildman–Crippen MR) is 71.8 cm³/mol. The molecule has 6 heteroatoms. The van der Waals surface area contributed by atoms with E-state index >= 15 is 0 Å². The van der Waals surface area contributed by atoms with Gasteiger partial charge >= 0.3 is 0 Å². The smallest absolute Gasteiger partial charge is 0.205 e. The van der Waals surface area contributed by atoms with Crippen LogP contribution < -0.4 is 4.90 Å². The summed E-state index contributed by atoms with van der Waals surface area (Å²) in [7, 11) is 3.69. The molecule has 18 heavy (non-hydrogen) atoms. The summed E-state index contributed by atoms with van der Waals surface area (Å²) in [5.74, 6) is 0.842. The van der Waals surface area contributed by atoms with Gasteiger partial charge in [-0.25, -0.2) is 4.98 Å². The van der Waals surface area contributed by atoms with Gasteiger partial charge in [0.2, 0.25) is 5.13 Å². The normalized spacial score (nSPS) is 10.6. The Morgan fingerprint density at radius 1 is 1.44 bits per heavy atom. The van der Waals surface area contributed by atoms with Crippen LogP contribution in [0.25, 0.3) is 0 Å². The van der Waals surface area contributed by atoms with Gasteiger partial charge in [-0.3, -0.25) is 4.98 Å². The second kappa shape index (κ2) is 6.42. The van der Waals surface area contributed by atoms with Crippen LogP contribution in [0.4, 0.5) is 5.13 Å². The molecule has 0 aliphatic heterocycles. The Bertz CT molecular complexity index is 474. The number of anilines is 1. The van der Waals surface area contributed by atoms with Gasteiger partial charge in [0.15, 0.2) is 0 Å². The van der Waals surface area contributed by atoms with Crippen LogP contribution >= 0.6 is 11.5 Å². The lowest BCUT2D eigenvalue weighted by Gasteiger charge is -2.14. The van der Waals surface area contributed by atoms with Gasteiger partial charge in [0.05, 0.1) is 6.61 Å². The molecule has 96 valence electrons. The molecule has 2 aromatic rings. The standard InChI is InChI=1S/C12H16N4OS/c1-16(9-10-4-3-6-13-8-10)12-14-11(15-18-12)5-7-17-2/h3-4,6,8H,5,7,9H2,1-2H3. The topological polar surface area (TPSA) is 51.1 Å². The first-order valence-electron chi connectivity index (χ1n) is 5.71. The summed E-state index contributed by atoms with van der Waals surface area (Å²) >= 11 is 1.42. The van der Waals surface area contributed by atoms with Crippen molar-refractivity contribution in [3.63, 3.8) is 0 Å². The van der Waals surface area contributed by atoms with Gasteiger partial charge < -0.3 is 9.64 Å². The Labute approximate surface area is 111 Å². The molecule has 2 rings (SSSR count). The minimum absolute atomic E-state index is 0.655. The van der Waals surface area contributed by atoms with E-state index in [1.54, 1.807) is 13.3 Å². The lowest BCUT2D eigenvalue weighted by atomic mass is 10.3. The average molecular weight is 264 g/mol. The zero-order valence-electron chi connectivity index (χ0n) is 10.5. The molecule has 0 fully saturated rings. The lowest BCUT2D eigenvalue weighted by Crippen LogP contribution is -2.16. The third-order valence-electron chi connectivity index (χ3n) is 2.46. The highest BCUT2D eigenvalue weighted by Crippen LogP contribution is 2.17. The van der Waals surface area contributed by atoms with Crippen LogP contribution in [-0.2, 0) is 17.7 Å². The first-order chi connectivity index (χ1) is 8.79. The van der Waals surface area contributed by atoms with E-state index in [1.807, 2.05) is 19.3 Å². The van der Waals surface area contributed by atoms with Crippen LogP contribution in [0, 0.1) is 0 Å². The molecule has 0 aromatic carbocycles. The molecule has 0 radical (unpaired) electrons. The Morgan fingerprint density at radius 2 is 2.33 bits per heavy atom. The molecule has 5 nitrogen and oxygen atoms in total. The largest absolute Gasteiger partial charge is 0.384 e. The summed E-state index contributed by atoms with van der Waals surface area (Å²) < 4.78 is 9.32. The van der Waals surface area contributed by atoms with Gasteiger partial charge in [-0.2, -0.15) is 4.37 Å². The third kappa shape index (κ3) is 3.48. The number of nitrogens with zero attached hydrogens (tertiary/aromatic N) is 4. The average Bonchev–Trinajstić information content (AvgIpc) is 2.86. The second-order valence-corrected chi connectivity index (χ2v) is 4.68. The molecule has 0 bridgehead atoms. The fraction of sp³-hybridized carbons (Fsp3) is 0.417. The molecule has 0 aliphatic rings. The van der Waals surface area contributed by atoms with Crippen LogP contribution in [-0.4, -0.2) is 35.1 Å². The zero-order valence-corrected chi connectivity index (χ0v) is 11.4. The molecule has 0 N–H and O–H groups in total. The number of rotatable bonds is 6. The Morgan fingerprint density at radius 3 is 3.06 bits per heavy atom. The van der Waals surface area contributed by atoms with Gasteiger partial charge in [0.25, 0.3) is 0 Å². The molecule has 2 aromatic heterocycles. The Hall–Kier alpha value is -1.53. The van der Waals surface area contributed by atoms with Crippen molar-refractivity contribution in [2.75, 3.05) is 25.7 Å². The van der Waals surface area contributed by atoms with Crippen molar-refractivity contribution in [3.05, 3.63) is 35.9 Å². The van der Waals surface area contributed by atoms with Crippen molar-refractivity contribution in [2.45, 2.75) is 13.0 Å². The first-order valence-corrected chi connectivity index (χ1v) is 6.48. The van der Waals surface area contributed by atoms with Crippen molar-refractivity contribution >= 4 is 16.7 Å². The molecule has 0 aliphatic carbocycles. The number of aromatic nitrogens is 3. The van der Waals surface area contributed by atoms with E-state index in [0.717, 1.165) is 29.5 Å². The van der Waals surface area contributed by atoms with Gasteiger partial charge in [-0.1, -0.05) is 6.07 Å². The Balaban J connectivity index is 1.96. The second-order valence-electron chi connectivity index (χ2n) is 3.95. The van der Waals surface area contributed by atoms with Crippen molar-refractivity contribution in [2.24, 2.45) is 0 Å². The summed E-state index contributed by atoms with van der Waals surface area (Å²) in [6, 6.07) is 3.99. The van der Waals surface area contributed by atoms with Crippen LogP contribution in [0.2, 0.25) is 0 Å². The first kappa shape index (κ1) is 12.9. The predicted octanol–water partition coefficient (Wildman–Crippen LogP) is 1.76. The van der Waals surface area contributed by atoms with Crippen molar-refractivity contribution in [3.8, 4) is 0 Å². The minimum atomic E-state index is 0.655. The van der Waals surface area contributed by atoms with E-state index in [-0.39, 0.29) is 0 Å². The van der Waals surface area contributed by atoms with Crippen molar-refractivity contribution < 1.29 is 4.74 Å². The molecular formula is C12H16N4OS. The summed E-state index contributed by atoms with van der Waals surface area (Å²) in [4.78, 5) is 10.7. The number of pyridine rings is 1. The highest BCUT2D eigenvalue weighted by atomic mass is 32.1. The molecule has 0 amide bonds. The highest BCUT2D eigenvalue weighted by molar-refractivity contribution is 7.09. The van der Waals surface area contributed by atoms with Crippen LogP contribution in [0.5, 0.6) is 0 Å². The number of ether oxygens (including phenoxy) is 1. The summed E-state index contributed by atoms with van der Waals surface area (Å²) in [6.45, 7) is 1.44. The molecule has 0 spiro atoms. The van der Waals surface area contributed by atoms with Gasteiger partial charge in [-0.15, -0.1) is 0 Å². The van der Waals surface area contributed by atoms with E-state index in [1.165, 1.54) is 11.5 Å². The Kier molecular flexibility index (Phi) is 4.60. The van der Waals surface area contributed by atoms with Crippen LogP contribution in [0.1, 0.15) is 11.4 Å². The van der Waals surface area contributed by atoms with E-state index in [4.69, 9.17) is 4.74 Å². The van der Waals surface area contributed by atoms with Crippen molar-refractivity contribution in [1.29, 1.82) is 0 Å². The maximum atomic E-state index is 5.01. The minimum Gasteiger partial charge on any atom is -0.384 e. The third-order valence-corrected chi connectivity index (χ3v) is 3.32. The number of hydrogen-bond acceptors (Lipinski definition) is 6. The molecular weight excluding hydrogens is 248 g/mol. The summed E-state index contributed by atoms with van der Waals surface area (Å²) in [5, 5.41) is 0.921. The number of methoxy groups -OCH3 is 1. The molecule has 2 heterocycles. The SMILES string of the molecule is COCCc1nsc(N(C)Cc2cccnc2)n1. The lowest BCUT2D eigenvalue weighted by molar-refractivity contribution is 0.201. The highest BCUT2D eigenvalue weighted by Gasteiger charge is 2.09. The maximum absolute atomic E-state index is 5.01. The van der Waals surface area contributed by atoms with Crippen LogP contribution in [0.15, 0.2) is 24.5 Å². The van der Waals surface area contributed by atoms with Gasteiger partial charge in [-0.05, 0) is 11.6 Å². The molecule has 0 saturated carbocycles. The summed E-state index contributed by atoms with van der Waals surface area (Å²) in [6.07, 6.45) is 4.40. The van der Waals surface area contributed by atoms with E-state index in [2.05, 4.69) is 25.3 Å². The van der Waals surface area contributed by atoms with Gasteiger partial charge in [0.1, 0.15) is 5.82 Å². The quantitative estimate of drug-likeness (QED) is 0.795. The molecule has 0 atom stereocenters. The zero-order chi connectivity index (χ0) is 12.8. The van der Waals surface area contributed by atoms with Gasteiger partial charge in [0, 0.05) is 51.0 Å². The maximum Gasteiger partial charge on any atom is 0.205 e. The number of hydrogen-bond donors (Lipinski definition) is 0. The van der Waals surface area contributed by atoms with E-state index in [0.29, 0.717) is 6.61 Å². The van der Waals surface area contributed by atoms with E-state index < -0.39 is 0 Å². The monoisotopic (exact) mass is 264 g/mol. The fourth-order valence-electron chi connectivity index (χ4n) is 1.53. The van der Waals surface area contributed by atoms with E-state index in [9.17, 15) is 0 Å². The fourth-order valence-corrected chi connectivity index (χ4v) is 2.20. The molecule has 0 unspecified atom stereocenters.